The second-order valence-corrected chi connectivity index (χ2v) is 2.92. The molecule has 0 spiro atoms. The smallest absolute Gasteiger partial charge is 0.308 e. The van der Waals surface area contributed by atoms with Gasteiger partial charge in [-0.05, 0) is 6.42 Å². The molecule has 1 N–H and O–H groups in total. The molecule has 0 saturated carbocycles. The molecule has 0 aliphatic rings. The molecule has 0 amide bonds. The van der Waals surface area contributed by atoms with Gasteiger partial charge in [-0.1, -0.05) is 6.92 Å². The molecule has 12 heavy (non-hydrogen) atoms. The molecule has 0 bridgehead atoms. The molecule has 6 heteroatoms. The lowest BCUT2D eigenvalue weighted by molar-refractivity contribution is -0.145. The molecule has 0 radical (unpaired) electrons. The second-order valence-electron chi connectivity index (χ2n) is 2.25. The minimum Gasteiger partial charge on any atom is -0.469 e. The van der Waals surface area contributed by atoms with Crippen molar-refractivity contribution in [2.24, 2.45) is 5.92 Å². The Bertz CT molecular complexity index is 169. The quantitative estimate of drug-likeness (QED) is 0.507. The Labute approximate surface area is 73.5 Å². The van der Waals surface area contributed by atoms with E-state index in [1.165, 1.54) is 7.11 Å². The normalized spacial score (nSPS) is 15.2. The van der Waals surface area contributed by atoms with Crippen LogP contribution in [0.2, 0.25) is 0 Å². The van der Waals surface area contributed by atoms with Gasteiger partial charge in [0.15, 0.2) is 0 Å². The Morgan fingerprint density at radius 2 is 2.25 bits per heavy atom. The van der Waals surface area contributed by atoms with E-state index in [-0.39, 0.29) is 18.5 Å². The standard InChI is InChI=1S/C6H12O5S/c1-5(6(7)10-2)3-4-11-12(8)9/h5H,3-4H2,1-2H3,(H,8,9). The molecule has 72 valence electrons. The van der Waals surface area contributed by atoms with E-state index in [1.54, 1.807) is 6.92 Å². The first kappa shape index (κ1) is 11.5. The van der Waals surface area contributed by atoms with Crippen molar-refractivity contribution in [1.29, 1.82) is 0 Å². The van der Waals surface area contributed by atoms with Gasteiger partial charge >= 0.3 is 17.3 Å². The maximum absolute atomic E-state index is 10.8. The molecular formula is C6H12O5S. The van der Waals surface area contributed by atoms with E-state index in [0.29, 0.717) is 6.42 Å². The van der Waals surface area contributed by atoms with Crippen molar-refractivity contribution in [2.45, 2.75) is 13.3 Å². The van der Waals surface area contributed by atoms with Crippen LogP contribution in [0, 0.1) is 5.92 Å². The lowest BCUT2D eigenvalue weighted by Crippen LogP contribution is -2.15. The maximum Gasteiger partial charge on any atom is 0.308 e. The van der Waals surface area contributed by atoms with E-state index in [2.05, 4.69) is 8.92 Å². The summed E-state index contributed by atoms with van der Waals surface area (Å²) in [5.74, 6) is -0.652. The summed E-state index contributed by atoms with van der Waals surface area (Å²) in [7, 11) is 1.30. The van der Waals surface area contributed by atoms with E-state index in [0.717, 1.165) is 0 Å². The maximum atomic E-state index is 10.8. The van der Waals surface area contributed by atoms with Crippen molar-refractivity contribution in [3.05, 3.63) is 0 Å². The topological polar surface area (TPSA) is 72.8 Å². The summed E-state index contributed by atoms with van der Waals surface area (Å²) < 4.78 is 27.0. The van der Waals surface area contributed by atoms with Crippen LogP contribution in [0.1, 0.15) is 13.3 Å². The van der Waals surface area contributed by atoms with E-state index in [1.807, 2.05) is 0 Å². The molecule has 0 fully saturated rings. The summed E-state index contributed by atoms with van der Waals surface area (Å²) in [6.45, 7) is 1.73. The summed E-state index contributed by atoms with van der Waals surface area (Å²) in [6.07, 6.45) is 0.374. The lowest BCUT2D eigenvalue weighted by Gasteiger charge is -2.06. The summed E-state index contributed by atoms with van der Waals surface area (Å²) in [6, 6.07) is 0. The third-order valence-corrected chi connectivity index (χ3v) is 1.71. The number of hydrogen-bond acceptors (Lipinski definition) is 4. The van der Waals surface area contributed by atoms with Gasteiger partial charge in [0.05, 0.1) is 19.6 Å². The van der Waals surface area contributed by atoms with Gasteiger partial charge in [-0.2, -0.15) is 4.21 Å². The van der Waals surface area contributed by atoms with Gasteiger partial charge in [-0.25, -0.2) is 0 Å². The van der Waals surface area contributed by atoms with Gasteiger partial charge < -0.3 is 4.74 Å². The number of carbonyl (C=O) groups is 1. The molecule has 0 aromatic rings. The fourth-order valence-electron chi connectivity index (χ4n) is 0.615. The highest BCUT2D eigenvalue weighted by atomic mass is 32.2. The molecule has 0 heterocycles. The minimum atomic E-state index is -2.25. The first-order valence-corrected chi connectivity index (χ1v) is 4.43. The van der Waals surface area contributed by atoms with Gasteiger partial charge in [0.1, 0.15) is 0 Å². The minimum absolute atomic E-state index is 0.0688. The van der Waals surface area contributed by atoms with Crippen LogP contribution in [0.15, 0.2) is 0 Å². The molecule has 5 nitrogen and oxygen atoms in total. The van der Waals surface area contributed by atoms with Crippen molar-refractivity contribution >= 4 is 17.3 Å². The predicted molar refractivity (Wildman–Crippen MR) is 42.5 cm³/mol. The summed E-state index contributed by atoms with van der Waals surface area (Å²) in [4.78, 5) is 10.8. The van der Waals surface area contributed by atoms with Crippen molar-refractivity contribution in [2.75, 3.05) is 13.7 Å². The molecule has 0 aliphatic carbocycles. The first-order chi connectivity index (χ1) is 5.57. The highest BCUT2D eigenvalue weighted by Gasteiger charge is 2.12. The zero-order chi connectivity index (χ0) is 9.56. The van der Waals surface area contributed by atoms with Crippen molar-refractivity contribution < 1.29 is 22.5 Å². The summed E-state index contributed by atoms with van der Waals surface area (Å²) in [5.41, 5.74) is 0. The first-order valence-electron chi connectivity index (χ1n) is 3.40. The monoisotopic (exact) mass is 196 g/mol. The van der Waals surface area contributed by atoms with E-state index >= 15 is 0 Å². The van der Waals surface area contributed by atoms with Gasteiger partial charge in [0.2, 0.25) is 0 Å². The van der Waals surface area contributed by atoms with Crippen LogP contribution in [0.25, 0.3) is 0 Å². The Kier molecular flexibility index (Phi) is 5.87. The molecule has 0 aromatic heterocycles. The van der Waals surface area contributed by atoms with Crippen LogP contribution in [-0.2, 0) is 25.1 Å². The number of rotatable bonds is 5. The van der Waals surface area contributed by atoms with Crippen LogP contribution >= 0.6 is 0 Å². The van der Waals surface area contributed by atoms with Gasteiger partial charge in [0.25, 0.3) is 0 Å². The van der Waals surface area contributed by atoms with Crippen LogP contribution in [0.5, 0.6) is 0 Å². The molecular weight excluding hydrogens is 184 g/mol. The number of carbonyl (C=O) groups excluding carboxylic acids is 1. The van der Waals surface area contributed by atoms with Crippen LogP contribution in [-0.4, -0.2) is 28.4 Å². The third-order valence-electron chi connectivity index (χ3n) is 1.34. The Hall–Kier alpha value is -0.460. The number of hydrogen-bond donors (Lipinski definition) is 1. The number of ether oxygens (including phenoxy) is 1. The largest absolute Gasteiger partial charge is 0.469 e. The van der Waals surface area contributed by atoms with E-state index in [4.69, 9.17) is 4.55 Å². The van der Waals surface area contributed by atoms with Gasteiger partial charge in [-0.3, -0.25) is 13.5 Å². The zero-order valence-electron chi connectivity index (χ0n) is 6.98. The van der Waals surface area contributed by atoms with Crippen LogP contribution in [0.4, 0.5) is 0 Å². The average molecular weight is 196 g/mol. The third kappa shape index (κ3) is 5.22. The number of esters is 1. The molecule has 0 saturated heterocycles. The Morgan fingerprint density at radius 1 is 1.67 bits per heavy atom. The summed E-state index contributed by atoms with van der Waals surface area (Å²) in [5, 5.41) is 0. The molecule has 0 aromatic carbocycles. The molecule has 0 rings (SSSR count). The van der Waals surface area contributed by atoms with Crippen LogP contribution in [0.3, 0.4) is 0 Å². The predicted octanol–water partition coefficient (Wildman–Crippen LogP) is 0.339. The lowest BCUT2D eigenvalue weighted by atomic mass is 10.1. The average Bonchev–Trinajstić information content (AvgIpc) is 2.02. The van der Waals surface area contributed by atoms with Gasteiger partial charge in [-0.15, -0.1) is 0 Å². The van der Waals surface area contributed by atoms with E-state index < -0.39 is 11.4 Å². The van der Waals surface area contributed by atoms with E-state index in [9.17, 15) is 9.00 Å². The zero-order valence-corrected chi connectivity index (χ0v) is 7.80. The SMILES string of the molecule is COC(=O)C(C)CCOS(=O)O. The fraction of sp³-hybridized carbons (Fsp3) is 0.833. The molecule has 2 atom stereocenters. The Morgan fingerprint density at radius 3 is 2.67 bits per heavy atom. The Balaban J connectivity index is 3.50. The second kappa shape index (κ2) is 6.10. The highest BCUT2D eigenvalue weighted by molar-refractivity contribution is 7.74. The van der Waals surface area contributed by atoms with Gasteiger partial charge in [0, 0.05) is 0 Å². The fourth-order valence-corrected chi connectivity index (χ4v) is 0.854. The molecule has 0 aliphatic heterocycles. The summed E-state index contributed by atoms with van der Waals surface area (Å²) >= 11 is -2.25. The highest BCUT2D eigenvalue weighted by Crippen LogP contribution is 2.03. The van der Waals surface area contributed by atoms with Crippen LogP contribution < -0.4 is 0 Å². The molecule has 2 unspecified atom stereocenters. The van der Waals surface area contributed by atoms with Crippen molar-refractivity contribution in [3.8, 4) is 0 Å². The van der Waals surface area contributed by atoms with Crippen molar-refractivity contribution in [1.82, 2.24) is 0 Å². The number of methoxy groups -OCH3 is 1. The van der Waals surface area contributed by atoms with Crippen molar-refractivity contribution in [3.63, 3.8) is 0 Å².